The number of rotatable bonds is 3. The largest absolute Gasteiger partial charge is 0.396 e. The molecule has 0 saturated carbocycles. The first kappa shape index (κ1) is 13.8. The van der Waals surface area contributed by atoms with E-state index in [0.29, 0.717) is 6.42 Å². The summed E-state index contributed by atoms with van der Waals surface area (Å²) in [5, 5.41) is 11.5. The van der Waals surface area contributed by atoms with Gasteiger partial charge in [-0.1, -0.05) is 36.4 Å². The van der Waals surface area contributed by atoms with Gasteiger partial charge in [-0.05, 0) is 54.3 Å². The Hall–Kier alpha value is -2.19. The maximum Gasteiger partial charge on any atom is 0.0471 e. The van der Waals surface area contributed by atoms with E-state index >= 15 is 0 Å². The average Bonchev–Trinajstić information content (AvgIpc) is 2.47. The minimum absolute atomic E-state index is 0.192. The van der Waals surface area contributed by atoms with Crippen molar-refractivity contribution >= 4 is 10.8 Å². The van der Waals surface area contributed by atoms with Crippen molar-refractivity contribution < 1.29 is 5.11 Å². The molecule has 0 aliphatic rings. The third kappa shape index (κ3) is 2.81. The lowest BCUT2D eigenvalue weighted by Crippen LogP contribution is -1.91. The van der Waals surface area contributed by atoms with E-state index in [1.165, 1.54) is 27.5 Å². The number of aromatic nitrogens is 1. The molecule has 106 valence electrons. The second-order valence-electron chi connectivity index (χ2n) is 5.46. The van der Waals surface area contributed by atoms with Crippen LogP contribution in [0.4, 0.5) is 0 Å². The van der Waals surface area contributed by atoms with Crippen LogP contribution in [-0.2, 0) is 6.42 Å². The SMILES string of the molecule is Cc1ccc(-c2ccc3cc(CCO)ccc3c2)c(C)n1. The minimum Gasteiger partial charge on any atom is -0.396 e. The summed E-state index contributed by atoms with van der Waals surface area (Å²) in [5.41, 5.74) is 5.66. The van der Waals surface area contributed by atoms with E-state index in [-0.39, 0.29) is 6.61 Å². The number of aryl methyl sites for hydroxylation is 2. The molecule has 0 atom stereocenters. The number of aliphatic hydroxyl groups excluding tert-OH is 1. The predicted molar refractivity (Wildman–Crippen MR) is 87.4 cm³/mol. The van der Waals surface area contributed by atoms with Crippen LogP contribution in [0.3, 0.4) is 0 Å². The fourth-order valence-electron chi connectivity index (χ4n) is 2.74. The van der Waals surface area contributed by atoms with Crippen molar-refractivity contribution in [2.24, 2.45) is 0 Å². The molecule has 1 heterocycles. The molecular weight excluding hydrogens is 258 g/mol. The van der Waals surface area contributed by atoms with Gasteiger partial charge >= 0.3 is 0 Å². The normalized spacial score (nSPS) is 11.0. The first-order valence-electron chi connectivity index (χ1n) is 7.25. The zero-order chi connectivity index (χ0) is 14.8. The third-order valence-electron chi connectivity index (χ3n) is 3.84. The van der Waals surface area contributed by atoms with Gasteiger partial charge in [0.1, 0.15) is 0 Å². The molecule has 0 fully saturated rings. The van der Waals surface area contributed by atoms with Crippen LogP contribution in [0.5, 0.6) is 0 Å². The topological polar surface area (TPSA) is 33.1 Å². The van der Waals surface area contributed by atoms with E-state index in [1.807, 2.05) is 6.92 Å². The van der Waals surface area contributed by atoms with Crippen molar-refractivity contribution in [1.29, 1.82) is 0 Å². The Kier molecular flexibility index (Phi) is 3.72. The zero-order valence-electron chi connectivity index (χ0n) is 12.4. The van der Waals surface area contributed by atoms with Crippen LogP contribution in [0.2, 0.25) is 0 Å². The van der Waals surface area contributed by atoms with E-state index in [4.69, 9.17) is 5.11 Å². The van der Waals surface area contributed by atoms with Crippen LogP contribution >= 0.6 is 0 Å². The molecule has 2 heteroatoms. The second kappa shape index (κ2) is 5.66. The molecule has 0 aliphatic carbocycles. The van der Waals surface area contributed by atoms with Crippen molar-refractivity contribution in [1.82, 2.24) is 4.98 Å². The quantitative estimate of drug-likeness (QED) is 0.783. The molecule has 3 aromatic rings. The van der Waals surface area contributed by atoms with Crippen LogP contribution in [0.1, 0.15) is 17.0 Å². The highest BCUT2D eigenvalue weighted by molar-refractivity contribution is 5.88. The van der Waals surface area contributed by atoms with E-state index in [9.17, 15) is 0 Å². The summed E-state index contributed by atoms with van der Waals surface area (Å²) in [5.74, 6) is 0. The molecule has 0 saturated heterocycles. The predicted octanol–water partition coefficient (Wildman–Crippen LogP) is 4.05. The van der Waals surface area contributed by atoms with Crippen molar-refractivity contribution in [3.05, 3.63) is 65.5 Å². The highest BCUT2D eigenvalue weighted by atomic mass is 16.2. The Morgan fingerprint density at radius 1 is 0.905 bits per heavy atom. The molecule has 0 radical (unpaired) electrons. The van der Waals surface area contributed by atoms with Crippen molar-refractivity contribution in [3.63, 3.8) is 0 Å². The van der Waals surface area contributed by atoms with Gasteiger partial charge in [0.2, 0.25) is 0 Å². The van der Waals surface area contributed by atoms with Gasteiger partial charge in [-0.2, -0.15) is 0 Å². The van der Waals surface area contributed by atoms with Crippen molar-refractivity contribution in [3.8, 4) is 11.1 Å². The van der Waals surface area contributed by atoms with Crippen LogP contribution in [0.25, 0.3) is 21.9 Å². The highest BCUT2D eigenvalue weighted by Gasteiger charge is 2.05. The lowest BCUT2D eigenvalue weighted by molar-refractivity contribution is 0.299. The molecule has 0 amide bonds. The lowest BCUT2D eigenvalue weighted by atomic mass is 9.98. The van der Waals surface area contributed by atoms with Gasteiger partial charge < -0.3 is 5.11 Å². The van der Waals surface area contributed by atoms with Gasteiger partial charge in [-0.15, -0.1) is 0 Å². The van der Waals surface area contributed by atoms with Gasteiger partial charge in [0.15, 0.2) is 0 Å². The Labute approximate surface area is 125 Å². The van der Waals surface area contributed by atoms with Gasteiger partial charge in [0, 0.05) is 23.6 Å². The second-order valence-corrected chi connectivity index (χ2v) is 5.46. The summed E-state index contributed by atoms with van der Waals surface area (Å²) in [6.45, 7) is 4.26. The van der Waals surface area contributed by atoms with E-state index in [2.05, 4.69) is 60.4 Å². The Bertz CT molecular complexity index is 793. The van der Waals surface area contributed by atoms with Gasteiger partial charge in [-0.3, -0.25) is 4.98 Å². The standard InChI is InChI=1S/C19H19NO/c1-13-3-8-19(14(2)20-13)18-7-6-16-11-15(9-10-21)4-5-17(16)12-18/h3-8,11-12,21H,9-10H2,1-2H3. The fraction of sp³-hybridized carbons (Fsp3) is 0.211. The van der Waals surface area contributed by atoms with Crippen molar-refractivity contribution in [2.75, 3.05) is 6.61 Å². The fourth-order valence-corrected chi connectivity index (χ4v) is 2.74. The minimum atomic E-state index is 0.192. The summed E-state index contributed by atoms with van der Waals surface area (Å²) < 4.78 is 0. The van der Waals surface area contributed by atoms with E-state index < -0.39 is 0 Å². The summed E-state index contributed by atoms with van der Waals surface area (Å²) in [6, 6.07) is 17.0. The smallest absolute Gasteiger partial charge is 0.0471 e. The summed E-state index contributed by atoms with van der Waals surface area (Å²) in [4.78, 5) is 4.54. The molecule has 0 spiro atoms. The molecule has 1 aromatic heterocycles. The maximum atomic E-state index is 9.03. The van der Waals surface area contributed by atoms with Gasteiger partial charge in [0.25, 0.3) is 0 Å². The van der Waals surface area contributed by atoms with E-state index in [0.717, 1.165) is 11.4 Å². The number of benzene rings is 2. The Morgan fingerprint density at radius 2 is 1.67 bits per heavy atom. The Balaban J connectivity index is 2.06. The summed E-state index contributed by atoms with van der Waals surface area (Å²) in [7, 11) is 0. The Morgan fingerprint density at radius 3 is 2.43 bits per heavy atom. The average molecular weight is 277 g/mol. The molecule has 0 bridgehead atoms. The first-order chi connectivity index (χ1) is 10.2. The molecular formula is C19H19NO. The number of nitrogens with zero attached hydrogens (tertiary/aromatic N) is 1. The maximum absolute atomic E-state index is 9.03. The number of hydrogen-bond donors (Lipinski definition) is 1. The molecule has 2 aromatic carbocycles. The summed E-state index contributed by atoms with van der Waals surface area (Å²) in [6.07, 6.45) is 0.707. The molecule has 1 N–H and O–H groups in total. The summed E-state index contributed by atoms with van der Waals surface area (Å²) >= 11 is 0. The third-order valence-corrected chi connectivity index (χ3v) is 3.84. The van der Waals surface area contributed by atoms with Crippen LogP contribution < -0.4 is 0 Å². The van der Waals surface area contributed by atoms with Gasteiger partial charge in [0.05, 0.1) is 0 Å². The van der Waals surface area contributed by atoms with Gasteiger partial charge in [-0.25, -0.2) is 0 Å². The molecule has 2 nitrogen and oxygen atoms in total. The number of pyridine rings is 1. The number of fused-ring (bicyclic) bond motifs is 1. The molecule has 0 aliphatic heterocycles. The zero-order valence-corrected chi connectivity index (χ0v) is 12.4. The highest BCUT2D eigenvalue weighted by Crippen LogP contribution is 2.27. The van der Waals surface area contributed by atoms with Crippen LogP contribution in [-0.4, -0.2) is 16.7 Å². The molecule has 0 unspecified atom stereocenters. The first-order valence-corrected chi connectivity index (χ1v) is 7.25. The van der Waals surface area contributed by atoms with Crippen LogP contribution in [0, 0.1) is 13.8 Å². The van der Waals surface area contributed by atoms with Crippen molar-refractivity contribution in [2.45, 2.75) is 20.3 Å². The van der Waals surface area contributed by atoms with Crippen LogP contribution in [0.15, 0.2) is 48.5 Å². The number of hydrogen-bond acceptors (Lipinski definition) is 2. The van der Waals surface area contributed by atoms with E-state index in [1.54, 1.807) is 0 Å². The number of aliphatic hydroxyl groups is 1. The molecule has 21 heavy (non-hydrogen) atoms. The molecule has 3 rings (SSSR count). The monoisotopic (exact) mass is 277 g/mol. The lowest BCUT2D eigenvalue weighted by Gasteiger charge is -2.09.